The number of hydrogen-bond acceptors (Lipinski definition) is 1. The summed E-state index contributed by atoms with van der Waals surface area (Å²) in [5, 5.41) is 0. The van der Waals surface area contributed by atoms with Gasteiger partial charge in [0.2, 0.25) is 0 Å². The minimum atomic E-state index is 0.557. The number of aryl methyl sites for hydroxylation is 1. The van der Waals surface area contributed by atoms with Gasteiger partial charge in [0.15, 0.2) is 0 Å². The molecule has 1 nitrogen and oxygen atoms in total. The van der Waals surface area contributed by atoms with Crippen LogP contribution in [0.25, 0.3) is 0 Å². The maximum Gasteiger partial charge on any atom is 0.0505 e. The van der Waals surface area contributed by atoms with E-state index in [0.29, 0.717) is 10.7 Å². The monoisotopic (exact) mass is 268 g/mol. The molecule has 0 N–H and O–H groups in total. The van der Waals surface area contributed by atoms with Crippen LogP contribution in [0.1, 0.15) is 17.5 Å². The standard InChI is InChI=1S/C13H17BrO/c1-10-4-2-3-5-11(10)8-13(14)12-6-7-15-9-12/h2-5,12-13H,6-9H2,1H3. The molecule has 2 unspecified atom stereocenters. The lowest BCUT2D eigenvalue weighted by molar-refractivity contribution is 0.185. The highest BCUT2D eigenvalue weighted by molar-refractivity contribution is 9.09. The lowest BCUT2D eigenvalue weighted by atomic mass is 9.96. The summed E-state index contributed by atoms with van der Waals surface area (Å²) < 4.78 is 5.42. The predicted octanol–water partition coefficient (Wildman–Crippen LogP) is 3.34. The first-order chi connectivity index (χ1) is 7.27. The van der Waals surface area contributed by atoms with E-state index in [9.17, 15) is 0 Å². The van der Waals surface area contributed by atoms with Gasteiger partial charge in [0.05, 0.1) is 6.61 Å². The van der Waals surface area contributed by atoms with Gasteiger partial charge in [-0.25, -0.2) is 0 Å². The highest BCUT2D eigenvalue weighted by Crippen LogP contribution is 2.26. The van der Waals surface area contributed by atoms with Crippen LogP contribution in [0.2, 0.25) is 0 Å². The zero-order valence-corrected chi connectivity index (χ0v) is 10.7. The fourth-order valence-corrected chi connectivity index (χ4v) is 2.82. The minimum Gasteiger partial charge on any atom is -0.381 e. The first kappa shape index (κ1) is 11.2. The van der Waals surface area contributed by atoms with Crippen molar-refractivity contribution in [3.8, 4) is 0 Å². The van der Waals surface area contributed by atoms with Crippen LogP contribution in [0.15, 0.2) is 24.3 Å². The highest BCUT2D eigenvalue weighted by atomic mass is 79.9. The van der Waals surface area contributed by atoms with Crippen molar-refractivity contribution in [2.75, 3.05) is 13.2 Å². The molecule has 1 aromatic rings. The summed E-state index contributed by atoms with van der Waals surface area (Å²) in [6.07, 6.45) is 2.31. The van der Waals surface area contributed by atoms with Crippen LogP contribution < -0.4 is 0 Å². The van der Waals surface area contributed by atoms with Crippen LogP contribution in [0.4, 0.5) is 0 Å². The topological polar surface area (TPSA) is 9.23 Å². The van der Waals surface area contributed by atoms with E-state index in [4.69, 9.17) is 4.74 Å². The average molecular weight is 269 g/mol. The SMILES string of the molecule is Cc1ccccc1CC(Br)C1CCOC1. The lowest BCUT2D eigenvalue weighted by Crippen LogP contribution is -2.17. The number of hydrogen-bond donors (Lipinski definition) is 0. The van der Waals surface area contributed by atoms with Crippen molar-refractivity contribution in [2.24, 2.45) is 5.92 Å². The van der Waals surface area contributed by atoms with E-state index in [0.717, 1.165) is 19.6 Å². The summed E-state index contributed by atoms with van der Waals surface area (Å²) in [4.78, 5) is 0.557. The Labute approximate surface area is 100.0 Å². The van der Waals surface area contributed by atoms with Crippen LogP contribution in [0, 0.1) is 12.8 Å². The molecule has 0 amide bonds. The second kappa shape index (κ2) is 5.13. The first-order valence-electron chi connectivity index (χ1n) is 5.53. The highest BCUT2D eigenvalue weighted by Gasteiger charge is 2.23. The van der Waals surface area contributed by atoms with E-state index in [2.05, 4.69) is 47.1 Å². The molecule has 0 saturated carbocycles. The smallest absolute Gasteiger partial charge is 0.0505 e. The third-order valence-corrected chi connectivity index (χ3v) is 4.22. The van der Waals surface area contributed by atoms with Crippen molar-refractivity contribution in [3.05, 3.63) is 35.4 Å². The van der Waals surface area contributed by atoms with Gasteiger partial charge in [0.1, 0.15) is 0 Å². The molecule has 2 rings (SSSR count). The third-order valence-electron chi connectivity index (χ3n) is 3.15. The molecule has 1 fully saturated rings. The van der Waals surface area contributed by atoms with Crippen molar-refractivity contribution in [1.29, 1.82) is 0 Å². The fourth-order valence-electron chi connectivity index (χ4n) is 2.05. The van der Waals surface area contributed by atoms with E-state index >= 15 is 0 Å². The van der Waals surface area contributed by atoms with Gasteiger partial charge >= 0.3 is 0 Å². The van der Waals surface area contributed by atoms with Crippen LogP contribution in [-0.4, -0.2) is 18.0 Å². The molecule has 1 saturated heterocycles. The maximum absolute atomic E-state index is 5.42. The van der Waals surface area contributed by atoms with Crippen LogP contribution >= 0.6 is 15.9 Å². The molecule has 2 atom stereocenters. The maximum atomic E-state index is 5.42. The van der Waals surface area contributed by atoms with E-state index in [1.807, 2.05) is 0 Å². The minimum absolute atomic E-state index is 0.557. The van der Waals surface area contributed by atoms with E-state index in [1.165, 1.54) is 17.5 Å². The molecule has 15 heavy (non-hydrogen) atoms. The Bertz CT molecular complexity index is 318. The summed E-state index contributed by atoms with van der Waals surface area (Å²) in [5.41, 5.74) is 2.84. The van der Waals surface area contributed by atoms with Gasteiger partial charge in [0.25, 0.3) is 0 Å². The molecule has 1 aliphatic rings. The number of halogens is 1. The average Bonchev–Trinajstić information content (AvgIpc) is 2.74. The summed E-state index contributed by atoms with van der Waals surface area (Å²) in [7, 11) is 0. The first-order valence-corrected chi connectivity index (χ1v) is 6.45. The van der Waals surface area contributed by atoms with Gasteiger partial charge in [-0.05, 0) is 36.8 Å². The molecule has 0 radical (unpaired) electrons. The summed E-state index contributed by atoms with van der Waals surface area (Å²) in [6, 6.07) is 8.62. The van der Waals surface area contributed by atoms with Gasteiger partial charge in [-0.3, -0.25) is 0 Å². The molecule has 82 valence electrons. The molecular formula is C13H17BrO. The third kappa shape index (κ3) is 2.82. The molecular weight excluding hydrogens is 252 g/mol. The van der Waals surface area contributed by atoms with Gasteiger partial charge in [-0.2, -0.15) is 0 Å². The van der Waals surface area contributed by atoms with Crippen molar-refractivity contribution < 1.29 is 4.74 Å². The number of rotatable bonds is 3. The summed E-state index contributed by atoms with van der Waals surface area (Å²) in [6.45, 7) is 4.03. The fraction of sp³-hybridized carbons (Fsp3) is 0.538. The number of ether oxygens (including phenoxy) is 1. The Morgan fingerprint density at radius 3 is 2.93 bits per heavy atom. The van der Waals surface area contributed by atoms with E-state index in [-0.39, 0.29) is 0 Å². The summed E-state index contributed by atoms with van der Waals surface area (Å²) in [5.74, 6) is 0.685. The van der Waals surface area contributed by atoms with Crippen molar-refractivity contribution in [3.63, 3.8) is 0 Å². The van der Waals surface area contributed by atoms with E-state index < -0.39 is 0 Å². The van der Waals surface area contributed by atoms with Crippen LogP contribution in [-0.2, 0) is 11.2 Å². The van der Waals surface area contributed by atoms with Crippen LogP contribution in [0.3, 0.4) is 0 Å². The Morgan fingerprint density at radius 1 is 1.47 bits per heavy atom. The zero-order chi connectivity index (χ0) is 10.7. The van der Waals surface area contributed by atoms with Gasteiger partial charge in [0, 0.05) is 11.4 Å². The second-order valence-corrected chi connectivity index (χ2v) is 5.45. The largest absolute Gasteiger partial charge is 0.381 e. The number of alkyl halides is 1. The lowest BCUT2D eigenvalue weighted by Gasteiger charge is -2.16. The predicted molar refractivity (Wildman–Crippen MR) is 66.5 cm³/mol. The van der Waals surface area contributed by atoms with Crippen molar-refractivity contribution in [1.82, 2.24) is 0 Å². The quantitative estimate of drug-likeness (QED) is 0.765. The second-order valence-electron chi connectivity index (χ2n) is 4.27. The normalized spacial score (nSPS) is 22.9. The van der Waals surface area contributed by atoms with Crippen molar-refractivity contribution in [2.45, 2.75) is 24.6 Å². The Morgan fingerprint density at radius 2 is 2.27 bits per heavy atom. The molecule has 1 aromatic carbocycles. The Balaban J connectivity index is 1.99. The van der Waals surface area contributed by atoms with Gasteiger partial charge in [-0.1, -0.05) is 40.2 Å². The molecule has 0 aliphatic carbocycles. The molecule has 0 bridgehead atoms. The van der Waals surface area contributed by atoms with Crippen molar-refractivity contribution >= 4 is 15.9 Å². The summed E-state index contributed by atoms with van der Waals surface area (Å²) >= 11 is 3.80. The van der Waals surface area contributed by atoms with Crippen LogP contribution in [0.5, 0.6) is 0 Å². The molecule has 0 spiro atoms. The van der Waals surface area contributed by atoms with Gasteiger partial charge in [-0.15, -0.1) is 0 Å². The van der Waals surface area contributed by atoms with E-state index in [1.54, 1.807) is 0 Å². The molecule has 0 aromatic heterocycles. The Kier molecular flexibility index (Phi) is 3.81. The molecule has 1 heterocycles. The van der Waals surface area contributed by atoms with Gasteiger partial charge < -0.3 is 4.74 Å². The number of benzene rings is 1. The Hall–Kier alpha value is -0.340. The molecule has 2 heteroatoms. The zero-order valence-electron chi connectivity index (χ0n) is 9.08. The molecule has 1 aliphatic heterocycles.